The molecular weight excluding hydrogens is 271 g/mol. The monoisotopic (exact) mass is 284 g/mol. The van der Waals surface area contributed by atoms with Crippen LogP contribution in [0.4, 0.5) is 15.8 Å². The number of aliphatic carboxylic acids is 1. The second-order valence-electron chi connectivity index (χ2n) is 4.43. The standard InChI is InChI=1S/C12H13FN2O5/c13-8-1-2-10(11(5-8)15(18)19)14-3-4-20-9(7-14)6-12(16)17/h1-2,5,9H,3-4,6-7H2,(H,16,17). The highest BCUT2D eigenvalue weighted by Crippen LogP contribution is 2.30. The summed E-state index contributed by atoms with van der Waals surface area (Å²) in [5.74, 6) is -1.68. The smallest absolute Gasteiger partial charge is 0.306 e. The quantitative estimate of drug-likeness (QED) is 0.663. The molecule has 2 rings (SSSR count). The average molecular weight is 284 g/mol. The van der Waals surface area contributed by atoms with Gasteiger partial charge in [-0.1, -0.05) is 0 Å². The van der Waals surface area contributed by atoms with Crippen molar-refractivity contribution in [2.45, 2.75) is 12.5 Å². The molecule has 1 aromatic carbocycles. The average Bonchev–Trinajstić information content (AvgIpc) is 2.38. The minimum absolute atomic E-state index is 0.175. The molecule has 20 heavy (non-hydrogen) atoms. The van der Waals surface area contributed by atoms with E-state index in [0.29, 0.717) is 6.54 Å². The van der Waals surface area contributed by atoms with Gasteiger partial charge in [0, 0.05) is 13.1 Å². The van der Waals surface area contributed by atoms with Crippen molar-refractivity contribution in [3.8, 4) is 0 Å². The Hall–Kier alpha value is -2.22. The highest BCUT2D eigenvalue weighted by atomic mass is 19.1. The predicted molar refractivity (Wildman–Crippen MR) is 67.3 cm³/mol. The number of nitro benzene ring substituents is 1. The van der Waals surface area contributed by atoms with Crippen LogP contribution >= 0.6 is 0 Å². The number of morpholine rings is 1. The first-order chi connectivity index (χ1) is 9.47. The number of hydrogen-bond acceptors (Lipinski definition) is 5. The lowest BCUT2D eigenvalue weighted by Crippen LogP contribution is -2.43. The Morgan fingerprint density at radius 1 is 1.60 bits per heavy atom. The first-order valence-corrected chi connectivity index (χ1v) is 5.99. The van der Waals surface area contributed by atoms with Crippen LogP contribution < -0.4 is 4.90 Å². The molecule has 0 radical (unpaired) electrons. The highest BCUT2D eigenvalue weighted by molar-refractivity contribution is 5.68. The first-order valence-electron chi connectivity index (χ1n) is 5.99. The fraction of sp³-hybridized carbons (Fsp3) is 0.417. The second kappa shape index (κ2) is 5.83. The van der Waals surface area contributed by atoms with Crippen LogP contribution in [0, 0.1) is 15.9 Å². The number of hydrogen-bond donors (Lipinski definition) is 1. The summed E-state index contributed by atoms with van der Waals surface area (Å²) in [5.41, 5.74) is -0.0592. The summed E-state index contributed by atoms with van der Waals surface area (Å²) in [6.07, 6.45) is -0.711. The van der Waals surface area contributed by atoms with Crippen molar-refractivity contribution in [1.29, 1.82) is 0 Å². The van der Waals surface area contributed by atoms with Gasteiger partial charge in [-0.3, -0.25) is 14.9 Å². The Morgan fingerprint density at radius 3 is 3.00 bits per heavy atom. The number of carboxylic acids is 1. The molecule has 1 heterocycles. The van der Waals surface area contributed by atoms with E-state index in [9.17, 15) is 19.3 Å². The molecule has 0 aliphatic carbocycles. The van der Waals surface area contributed by atoms with Gasteiger partial charge < -0.3 is 14.7 Å². The van der Waals surface area contributed by atoms with Crippen molar-refractivity contribution >= 4 is 17.3 Å². The zero-order valence-electron chi connectivity index (χ0n) is 10.5. The van der Waals surface area contributed by atoms with Crippen molar-refractivity contribution in [1.82, 2.24) is 0 Å². The summed E-state index contributed by atoms with van der Waals surface area (Å²) >= 11 is 0. The van der Waals surface area contributed by atoms with Crippen molar-refractivity contribution < 1.29 is 24.0 Å². The van der Waals surface area contributed by atoms with E-state index in [-0.39, 0.29) is 30.9 Å². The number of nitrogens with zero attached hydrogens (tertiary/aromatic N) is 2. The predicted octanol–water partition coefficient (Wildman–Crippen LogP) is 1.41. The van der Waals surface area contributed by atoms with Crippen LogP contribution in [0.15, 0.2) is 18.2 Å². The van der Waals surface area contributed by atoms with E-state index >= 15 is 0 Å². The third kappa shape index (κ3) is 3.21. The van der Waals surface area contributed by atoms with Crippen molar-refractivity contribution in [3.05, 3.63) is 34.1 Å². The summed E-state index contributed by atoms with van der Waals surface area (Å²) in [6, 6.07) is 3.33. The van der Waals surface area contributed by atoms with E-state index in [0.717, 1.165) is 12.1 Å². The molecule has 0 saturated carbocycles. The van der Waals surface area contributed by atoms with Crippen molar-refractivity contribution in [2.75, 3.05) is 24.6 Å². The molecule has 1 atom stereocenters. The van der Waals surface area contributed by atoms with Crippen LogP contribution in [0.5, 0.6) is 0 Å². The van der Waals surface area contributed by atoms with Gasteiger partial charge in [0.1, 0.15) is 11.5 Å². The Labute approximate surface area is 113 Å². The Morgan fingerprint density at radius 2 is 2.35 bits per heavy atom. The zero-order valence-corrected chi connectivity index (χ0v) is 10.5. The van der Waals surface area contributed by atoms with Gasteiger partial charge in [0.2, 0.25) is 0 Å². The maximum atomic E-state index is 13.1. The number of carboxylic acid groups (broad SMARTS) is 1. The Bertz CT molecular complexity index is 537. The minimum Gasteiger partial charge on any atom is -0.481 e. The number of ether oxygens (including phenoxy) is 1. The van der Waals surface area contributed by atoms with Gasteiger partial charge in [-0.15, -0.1) is 0 Å². The fourth-order valence-corrected chi connectivity index (χ4v) is 2.17. The summed E-state index contributed by atoms with van der Waals surface area (Å²) in [4.78, 5) is 22.6. The number of benzene rings is 1. The maximum absolute atomic E-state index is 13.1. The van der Waals surface area contributed by atoms with E-state index in [1.54, 1.807) is 4.90 Å². The Kier molecular flexibility index (Phi) is 4.14. The maximum Gasteiger partial charge on any atom is 0.306 e. The molecule has 108 valence electrons. The van der Waals surface area contributed by atoms with Gasteiger partial charge in [0.05, 0.1) is 30.1 Å². The molecule has 1 aliphatic heterocycles. The van der Waals surface area contributed by atoms with Gasteiger partial charge in [0.25, 0.3) is 5.69 Å². The zero-order chi connectivity index (χ0) is 14.7. The van der Waals surface area contributed by atoms with Crippen LogP contribution in [-0.2, 0) is 9.53 Å². The molecule has 1 N–H and O–H groups in total. The van der Waals surface area contributed by atoms with Crippen LogP contribution in [0.1, 0.15) is 6.42 Å². The highest BCUT2D eigenvalue weighted by Gasteiger charge is 2.27. The van der Waals surface area contributed by atoms with Crippen LogP contribution in [0.3, 0.4) is 0 Å². The van der Waals surface area contributed by atoms with Gasteiger partial charge in [0.15, 0.2) is 0 Å². The minimum atomic E-state index is -0.995. The van der Waals surface area contributed by atoms with Crippen molar-refractivity contribution in [2.24, 2.45) is 0 Å². The third-order valence-electron chi connectivity index (χ3n) is 3.02. The molecule has 1 fully saturated rings. The lowest BCUT2D eigenvalue weighted by Gasteiger charge is -2.33. The van der Waals surface area contributed by atoms with E-state index < -0.39 is 22.8 Å². The lowest BCUT2D eigenvalue weighted by molar-refractivity contribution is -0.384. The SMILES string of the molecule is O=C(O)CC1CN(c2ccc(F)cc2[N+](=O)[O-])CCO1. The van der Waals surface area contributed by atoms with Crippen molar-refractivity contribution in [3.63, 3.8) is 0 Å². The summed E-state index contributed by atoms with van der Waals surface area (Å²) < 4.78 is 18.4. The van der Waals surface area contributed by atoms with Gasteiger partial charge >= 0.3 is 5.97 Å². The summed E-state index contributed by atoms with van der Waals surface area (Å²) in [6.45, 7) is 0.883. The molecule has 7 nitrogen and oxygen atoms in total. The molecule has 0 spiro atoms. The normalized spacial score (nSPS) is 18.9. The second-order valence-corrected chi connectivity index (χ2v) is 4.43. The number of halogens is 1. The van der Waals surface area contributed by atoms with E-state index in [1.165, 1.54) is 6.07 Å². The van der Waals surface area contributed by atoms with Crippen LogP contribution in [0.25, 0.3) is 0 Å². The lowest BCUT2D eigenvalue weighted by atomic mass is 10.1. The van der Waals surface area contributed by atoms with E-state index in [1.807, 2.05) is 0 Å². The van der Waals surface area contributed by atoms with E-state index in [4.69, 9.17) is 9.84 Å². The van der Waals surface area contributed by atoms with E-state index in [2.05, 4.69) is 0 Å². The van der Waals surface area contributed by atoms with Gasteiger partial charge in [-0.2, -0.15) is 0 Å². The van der Waals surface area contributed by atoms with Gasteiger partial charge in [-0.05, 0) is 12.1 Å². The molecule has 1 saturated heterocycles. The summed E-state index contributed by atoms with van der Waals surface area (Å²) in [7, 11) is 0. The molecule has 0 amide bonds. The number of nitro groups is 1. The van der Waals surface area contributed by atoms with Gasteiger partial charge in [-0.25, -0.2) is 4.39 Å². The molecular formula is C12H13FN2O5. The summed E-state index contributed by atoms with van der Waals surface area (Å²) in [5, 5.41) is 19.7. The number of anilines is 1. The molecule has 1 aliphatic rings. The van der Waals surface area contributed by atoms with Crippen LogP contribution in [0.2, 0.25) is 0 Å². The third-order valence-corrected chi connectivity index (χ3v) is 3.02. The first kappa shape index (κ1) is 14.2. The molecule has 0 aromatic heterocycles. The number of rotatable bonds is 4. The Balaban J connectivity index is 2.22. The largest absolute Gasteiger partial charge is 0.481 e. The molecule has 8 heteroatoms. The molecule has 1 aromatic rings. The fourth-order valence-electron chi connectivity index (χ4n) is 2.17. The number of carbonyl (C=O) groups is 1. The topological polar surface area (TPSA) is 92.9 Å². The molecule has 0 bridgehead atoms. The molecule has 1 unspecified atom stereocenters. The van der Waals surface area contributed by atoms with Crippen LogP contribution in [-0.4, -0.2) is 41.8 Å².